The molecule has 2 nitrogen and oxygen atoms in total. The summed E-state index contributed by atoms with van der Waals surface area (Å²) in [6.07, 6.45) is 0. The van der Waals surface area contributed by atoms with Gasteiger partial charge in [-0.2, -0.15) is 0 Å². The Hall–Kier alpha value is -1.32. The maximum Gasteiger partial charge on any atom is 0.124 e. The summed E-state index contributed by atoms with van der Waals surface area (Å²) in [6.45, 7) is 11.7. The van der Waals surface area contributed by atoms with Crippen molar-refractivity contribution in [2.45, 2.75) is 40.7 Å². The molecule has 0 amide bonds. The minimum Gasteiger partial charge on any atom is -0.496 e. The van der Waals surface area contributed by atoms with Gasteiger partial charge in [-0.1, -0.05) is 19.1 Å². The zero-order valence-electron chi connectivity index (χ0n) is 13.8. The monoisotopic (exact) mass is 303 g/mol. The molecule has 1 N–H and O–H groups in total. The molecule has 0 spiro atoms. The first-order valence-electron chi connectivity index (χ1n) is 7.43. The molecule has 0 aliphatic rings. The largest absolute Gasteiger partial charge is 0.496 e. The highest BCUT2D eigenvalue weighted by Crippen LogP contribution is 2.34. The lowest BCUT2D eigenvalue weighted by Crippen LogP contribution is -2.21. The van der Waals surface area contributed by atoms with E-state index in [-0.39, 0.29) is 6.04 Å². The van der Waals surface area contributed by atoms with Gasteiger partial charge in [0.2, 0.25) is 0 Å². The van der Waals surface area contributed by atoms with Gasteiger partial charge in [-0.25, -0.2) is 0 Å². The fraction of sp³-hybridized carbons (Fsp3) is 0.444. The maximum absolute atomic E-state index is 5.48. The van der Waals surface area contributed by atoms with Crippen LogP contribution in [0.25, 0.3) is 0 Å². The summed E-state index contributed by atoms with van der Waals surface area (Å²) in [5, 5.41) is 3.62. The summed E-state index contributed by atoms with van der Waals surface area (Å²) in [5.41, 5.74) is 5.08. The predicted molar refractivity (Wildman–Crippen MR) is 91.8 cm³/mol. The number of nitrogens with one attached hydrogen (secondary N) is 1. The zero-order chi connectivity index (χ0) is 15.6. The molecule has 1 unspecified atom stereocenters. The second kappa shape index (κ2) is 6.63. The molecule has 21 heavy (non-hydrogen) atoms. The maximum atomic E-state index is 5.48. The first-order valence-corrected chi connectivity index (χ1v) is 8.25. The molecule has 3 heteroatoms. The van der Waals surface area contributed by atoms with E-state index in [1.54, 1.807) is 7.11 Å². The molecule has 0 radical (unpaired) electrons. The Bertz CT molecular complexity index is 588. The molecule has 1 heterocycles. The summed E-state index contributed by atoms with van der Waals surface area (Å²) in [6, 6.07) is 7.05. The van der Waals surface area contributed by atoms with Crippen LogP contribution in [0.5, 0.6) is 5.75 Å². The predicted octanol–water partition coefficient (Wildman–Crippen LogP) is 4.69. The van der Waals surface area contributed by atoms with Crippen LogP contribution < -0.4 is 10.1 Å². The van der Waals surface area contributed by atoms with Crippen LogP contribution in [0.1, 0.15) is 45.0 Å². The fourth-order valence-corrected chi connectivity index (χ4v) is 3.95. The van der Waals surface area contributed by atoms with Crippen LogP contribution in [-0.2, 0) is 0 Å². The van der Waals surface area contributed by atoms with Crippen LogP contribution in [0.3, 0.4) is 0 Å². The van der Waals surface area contributed by atoms with Crippen molar-refractivity contribution >= 4 is 11.3 Å². The van der Waals surface area contributed by atoms with Gasteiger partial charge >= 0.3 is 0 Å². The van der Waals surface area contributed by atoms with Crippen molar-refractivity contribution in [3.63, 3.8) is 0 Å². The topological polar surface area (TPSA) is 21.3 Å². The number of thiophene rings is 1. The zero-order valence-corrected chi connectivity index (χ0v) is 14.6. The Morgan fingerprint density at radius 3 is 2.10 bits per heavy atom. The smallest absolute Gasteiger partial charge is 0.124 e. The van der Waals surface area contributed by atoms with Crippen molar-refractivity contribution < 1.29 is 4.74 Å². The molecule has 0 saturated heterocycles. The van der Waals surface area contributed by atoms with Crippen LogP contribution in [0.2, 0.25) is 0 Å². The Balaban J connectivity index is 2.48. The molecule has 1 atom stereocenters. The van der Waals surface area contributed by atoms with E-state index in [1.807, 2.05) is 11.3 Å². The van der Waals surface area contributed by atoms with Gasteiger partial charge < -0.3 is 10.1 Å². The van der Waals surface area contributed by atoms with Gasteiger partial charge in [0.15, 0.2) is 0 Å². The molecule has 2 rings (SSSR count). The summed E-state index contributed by atoms with van der Waals surface area (Å²) < 4.78 is 5.48. The lowest BCUT2D eigenvalue weighted by atomic mass is 9.98. The lowest BCUT2D eigenvalue weighted by Gasteiger charge is -2.20. The van der Waals surface area contributed by atoms with E-state index in [4.69, 9.17) is 4.74 Å². The third kappa shape index (κ3) is 3.30. The average molecular weight is 303 g/mol. The number of hydrogen-bond donors (Lipinski definition) is 1. The molecule has 0 aliphatic heterocycles. The van der Waals surface area contributed by atoms with Crippen molar-refractivity contribution in [2.75, 3.05) is 13.7 Å². The number of methoxy groups -OCH3 is 1. The van der Waals surface area contributed by atoms with Gasteiger partial charge in [0.25, 0.3) is 0 Å². The third-order valence-electron chi connectivity index (χ3n) is 3.90. The Morgan fingerprint density at radius 2 is 1.67 bits per heavy atom. The quantitative estimate of drug-likeness (QED) is 0.865. The van der Waals surface area contributed by atoms with E-state index in [9.17, 15) is 0 Å². The van der Waals surface area contributed by atoms with Crippen LogP contribution in [0, 0.1) is 27.7 Å². The standard InChI is InChI=1S/C18H25NOS/c1-7-19-17(16-10-11(2)14(5)21-16)15-8-12(3)18(20-6)13(4)9-15/h8-10,17,19H,7H2,1-6H3. The molecular weight excluding hydrogens is 278 g/mol. The van der Waals surface area contributed by atoms with E-state index >= 15 is 0 Å². The van der Waals surface area contributed by atoms with Crippen molar-refractivity contribution in [3.8, 4) is 5.75 Å². The molecule has 114 valence electrons. The Morgan fingerprint density at radius 1 is 1.05 bits per heavy atom. The lowest BCUT2D eigenvalue weighted by molar-refractivity contribution is 0.408. The van der Waals surface area contributed by atoms with Crippen molar-refractivity contribution in [1.82, 2.24) is 5.32 Å². The number of aryl methyl sites for hydroxylation is 4. The second-order valence-electron chi connectivity index (χ2n) is 5.57. The van der Waals surface area contributed by atoms with E-state index in [0.717, 1.165) is 12.3 Å². The first kappa shape index (κ1) is 16.1. The molecule has 0 fully saturated rings. The van der Waals surface area contributed by atoms with Gasteiger partial charge in [0.1, 0.15) is 5.75 Å². The molecule has 0 bridgehead atoms. The normalized spacial score (nSPS) is 12.5. The van der Waals surface area contributed by atoms with Gasteiger partial charge in [0.05, 0.1) is 13.2 Å². The van der Waals surface area contributed by atoms with Crippen LogP contribution in [0.15, 0.2) is 18.2 Å². The molecular formula is C18H25NOS. The van der Waals surface area contributed by atoms with E-state index < -0.39 is 0 Å². The summed E-state index contributed by atoms with van der Waals surface area (Å²) in [5.74, 6) is 0.993. The summed E-state index contributed by atoms with van der Waals surface area (Å²) in [7, 11) is 1.74. The van der Waals surface area contributed by atoms with Crippen molar-refractivity contribution in [2.24, 2.45) is 0 Å². The number of benzene rings is 1. The van der Waals surface area contributed by atoms with E-state index in [1.165, 1.54) is 32.0 Å². The second-order valence-corrected chi connectivity index (χ2v) is 6.85. The number of ether oxygens (including phenoxy) is 1. The third-order valence-corrected chi connectivity index (χ3v) is 5.12. The summed E-state index contributed by atoms with van der Waals surface area (Å²) in [4.78, 5) is 2.78. The number of hydrogen-bond acceptors (Lipinski definition) is 3. The highest BCUT2D eigenvalue weighted by molar-refractivity contribution is 7.12. The highest BCUT2D eigenvalue weighted by atomic mass is 32.1. The minimum absolute atomic E-state index is 0.260. The minimum atomic E-state index is 0.260. The van der Waals surface area contributed by atoms with Crippen molar-refractivity contribution in [1.29, 1.82) is 0 Å². The fourth-order valence-electron chi connectivity index (χ4n) is 2.80. The SMILES string of the molecule is CCNC(c1cc(C)c(OC)c(C)c1)c1cc(C)c(C)s1. The van der Waals surface area contributed by atoms with Crippen LogP contribution in [0.4, 0.5) is 0 Å². The molecule has 1 aromatic heterocycles. The molecule has 1 aromatic carbocycles. The van der Waals surface area contributed by atoms with Gasteiger partial charge in [-0.3, -0.25) is 0 Å². The van der Waals surface area contributed by atoms with Crippen molar-refractivity contribution in [3.05, 3.63) is 50.2 Å². The van der Waals surface area contributed by atoms with Gasteiger partial charge in [0, 0.05) is 9.75 Å². The van der Waals surface area contributed by atoms with Gasteiger partial charge in [-0.05, 0) is 62.6 Å². The molecule has 0 aliphatic carbocycles. The number of rotatable bonds is 5. The Labute approximate surface area is 132 Å². The molecule has 2 aromatic rings. The van der Waals surface area contributed by atoms with E-state index in [0.29, 0.717) is 0 Å². The summed E-state index contributed by atoms with van der Waals surface area (Å²) >= 11 is 1.89. The first-order chi connectivity index (χ1) is 9.97. The highest BCUT2D eigenvalue weighted by Gasteiger charge is 2.18. The Kier molecular flexibility index (Phi) is 5.07. The van der Waals surface area contributed by atoms with E-state index in [2.05, 4.69) is 58.1 Å². The van der Waals surface area contributed by atoms with Crippen LogP contribution in [-0.4, -0.2) is 13.7 Å². The average Bonchev–Trinajstić information content (AvgIpc) is 2.75. The van der Waals surface area contributed by atoms with Gasteiger partial charge in [-0.15, -0.1) is 11.3 Å². The van der Waals surface area contributed by atoms with Crippen LogP contribution >= 0.6 is 11.3 Å². The molecule has 0 saturated carbocycles.